The summed E-state index contributed by atoms with van der Waals surface area (Å²) in [5, 5.41) is 11.6. The number of benzene rings is 1. The number of unbranched alkanes of at least 4 members (excludes halogenated alkanes) is 3. The summed E-state index contributed by atoms with van der Waals surface area (Å²) >= 11 is 0. The molecule has 1 atom stereocenters. The Morgan fingerprint density at radius 1 is 1.10 bits per heavy atom. The Balaban J connectivity index is 2.27. The van der Waals surface area contributed by atoms with Crippen molar-refractivity contribution >= 4 is 27.9 Å². The molecule has 1 aromatic rings. The SMILES string of the molecule is NC(N)=NCCCCCCOCC(=O)NC[C@@H](NS(=O)(=O)c1ccccc1)C(=O)O. The Hall–Kier alpha value is -2.70. The summed E-state index contributed by atoms with van der Waals surface area (Å²) in [5.74, 6) is -1.87. The van der Waals surface area contributed by atoms with Crippen LogP contribution in [0.1, 0.15) is 25.7 Å². The van der Waals surface area contributed by atoms with Gasteiger partial charge < -0.3 is 26.6 Å². The van der Waals surface area contributed by atoms with Gasteiger partial charge in [0.2, 0.25) is 15.9 Å². The van der Waals surface area contributed by atoms with Crippen molar-refractivity contribution in [2.24, 2.45) is 16.5 Å². The van der Waals surface area contributed by atoms with Gasteiger partial charge in [0.05, 0.1) is 4.90 Å². The number of carbonyl (C=O) groups excluding carboxylic acids is 1. The molecule has 0 radical (unpaired) electrons. The van der Waals surface area contributed by atoms with E-state index in [-0.39, 0.29) is 17.5 Å². The minimum Gasteiger partial charge on any atom is -0.480 e. The number of aliphatic imine (C=N–C) groups is 1. The first kappa shape index (κ1) is 25.3. The largest absolute Gasteiger partial charge is 0.480 e. The van der Waals surface area contributed by atoms with Crippen LogP contribution in [0.2, 0.25) is 0 Å². The molecule has 7 N–H and O–H groups in total. The molecular weight excluding hydrogens is 414 g/mol. The van der Waals surface area contributed by atoms with E-state index in [1.807, 2.05) is 0 Å². The second-order valence-corrected chi connectivity index (χ2v) is 8.12. The van der Waals surface area contributed by atoms with Crippen molar-refractivity contribution in [2.75, 3.05) is 26.3 Å². The number of carboxylic acid groups (broad SMARTS) is 1. The zero-order chi connectivity index (χ0) is 22.4. The molecule has 0 aliphatic heterocycles. The number of ether oxygens (including phenoxy) is 1. The molecule has 0 fully saturated rings. The fourth-order valence-electron chi connectivity index (χ4n) is 2.34. The van der Waals surface area contributed by atoms with E-state index >= 15 is 0 Å². The number of aliphatic carboxylic acids is 1. The molecule has 12 heteroatoms. The maximum atomic E-state index is 12.2. The normalized spacial score (nSPS) is 12.1. The van der Waals surface area contributed by atoms with Crippen molar-refractivity contribution in [3.63, 3.8) is 0 Å². The molecular formula is C18H29N5O6S. The van der Waals surface area contributed by atoms with Crippen LogP contribution in [0, 0.1) is 0 Å². The maximum absolute atomic E-state index is 12.2. The summed E-state index contributed by atoms with van der Waals surface area (Å²) in [6, 6.07) is 5.86. The number of nitrogens with one attached hydrogen (secondary N) is 2. The highest BCUT2D eigenvalue weighted by molar-refractivity contribution is 7.89. The molecule has 0 aliphatic carbocycles. The first-order valence-electron chi connectivity index (χ1n) is 9.42. The van der Waals surface area contributed by atoms with E-state index in [0.29, 0.717) is 13.2 Å². The number of nitrogens with two attached hydrogens (primary N) is 2. The number of carbonyl (C=O) groups is 2. The number of amides is 1. The monoisotopic (exact) mass is 443 g/mol. The lowest BCUT2D eigenvalue weighted by Gasteiger charge is -2.15. The smallest absolute Gasteiger partial charge is 0.323 e. The van der Waals surface area contributed by atoms with Crippen molar-refractivity contribution in [3.8, 4) is 0 Å². The third-order valence-corrected chi connectivity index (χ3v) is 5.36. The number of carboxylic acids is 1. The molecule has 0 saturated heterocycles. The molecule has 1 amide bonds. The Bertz CT molecular complexity index is 797. The Labute approximate surface area is 175 Å². The van der Waals surface area contributed by atoms with Crippen molar-refractivity contribution in [1.82, 2.24) is 10.0 Å². The minimum atomic E-state index is -4.03. The van der Waals surface area contributed by atoms with Crippen LogP contribution in [-0.2, 0) is 24.3 Å². The highest BCUT2D eigenvalue weighted by Crippen LogP contribution is 2.08. The minimum absolute atomic E-state index is 0.0655. The lowest BCUT2D eigenvalue weighted by atomic mass is 10.2. The van der Waals surface area contributed by atoms with Crippen LogP contribution in [0.25, 0.3) is 0 Å². The summed E-state index contributed by atoms with van der Waals surface area (Å²) in [6.07, 6.45) is 3.43. The van der Waals surface area contributed by atoms with Gasteiger partial charge >= 0.3 is 5.97 Å². The van der Waals surface area contributed by atoms with E-state index < -0.39 is 34.5 Å². The number of guanidine groups is 1. The molecule has 11 nitrogen and oxygen atoms in total. The fourth-order valence-corrected chi connectivity index (χ4v) is 3.55. The van der Waals surface area contributed by atoms with Crippen LogP contribution >= 0.6 is 0 Å². The first-order chi connectivity index (χ1) is 14.2. The highest BCUT2D eigenvalue weighted by Gasteiger charge is 2.25. The van der Waals surface area contributed by atoms with Crippen LogP contribution in [-0.4, -0.2) is 63.7 Å². The molecule has 30 heavy (non-hydrogen) atoms. The van der Waals surface area contributed by atoms with E-state index in [2.05, 4.69) is 15.0 Å². The lowest BCUT2D eigenvalue weighted by molar-refractivity contribution is -0.139. The maximum Gasteiger partial charge on any atom is 0.323 e. The summed E-state index contributed by atoms with van der Waals surface area (Å²) in [5.41, 5.74) is 10.4. The molecule has 0 saturated carbocycles. The molecule has 1 aromatic carbocycles. The number of hydrogen-bond acceptors (Lipinski definition) is 6. The highest BCUT2D eigenvalue weighted by atomic mass is 32.2. The average molecular weight is 444 g/mol. The predicted octanol–water partition coefficient (Wildman–Crippen LogP) is -0.615. The van der Waals surface area contributed by atoms with Gasteiger partial charge in [0, 0.05) is 19.7 Å². The Kier molecular flexibility index (Phi) is 11.4. The van der Waals surface area contributed by atoms with Gasteiger partial charge in [0.1, 0.15) is 12.6 Å². The Morgan fingerprint density at radius 3 is 2.40 bits per heavy atom. The van der Waals surface area contributed by atoms with E-state index in [1.165, 1.54) is 24.3 Å². The average Bonchev–Trinajstić information content (AvgIpc) is 2.70. The number of rotatable bonds is 15. The van der Waals surface area contributed by atoms with Crippen molar-refractivity contribution in [2.45, 2.75) is 36.6 Å². The van der Waals surface area contributed by atoms with Crippen LogP contribution in [0.15, 0.2) is 40.2 Å². The van der Waals surface area contributed by atoms with Gasteiger partial charge in [-0.15, -0.1) is 0 Å². The zero-order valence-corrected chi connectivity index (χ0v) is 17.4. The Morgan fingerprint density at radius 2 is 1.77 bits per heavy atom. The quantitative estimate of drug-likeness (QED) is 0.135. The van der Waals surface area contributed by atoms with Gasteiger partial charge in [-0.2, -0.15) is 4.72 Å². The number of nitrogens with zero attached hydrogens (tertiary/aromatic N) is 1. The summed E-state index contributed by atoms with van der Waals surface area (Å²) < 4.78 is 31.8. The molecule has 0 aliphatic rings. The predicted molar refractivity (Wildman–Crippen MR) is 111 cm³/mol. The molecule has 0 aromatic heterocycles. The van der Waals surface area contributed by atoms with Gasteiger partial charge in [-0.1, -0.05) is 31.0 Å². The molecule has 0 heterocycles. The lowest BCUT2D eigenvalue weighted by Crippen LogP contribution is -2.48. The van der Waals surface area contributed by atoms with Gasteiger partial charge in [-0.25, -0.2) is 8.42 Å². The van der Waals surface area contributed by atoms with Gasteiger partial charge in [-0.05, 0) is 25.0 Å². The number of sulfonamides is 1. The van der Waals surface area contributed by atoms with Crippen molar-refractivity contribution < 1.29 is 27.9 Å². The second kappa shape index (κ2) is 13.5. The van der Waals surface area contributed by atoms with Gasteiger partial charge in [-0.3, -0.25) is 14.6 Å². The summed E-state index contributed by atoms with van der Waals surface area (Å²) in [4.78, 5) is 26.9. The van der Waals surface area contributed by atoms with Crippen LogP contribution in [0.5, 0.6) is 0 Å². The van der Waals surface area contributed by atoms with Gasteiger partial charge in [0.15, 0.2) is 5.96 Å². The van der Waals surface area contributed by atoms with Crippen LogP contribution in [0.3, 0.4) is 0 Å². The summed E-state index contributed by atoms with van der Waals surface area (Å²) in [7, 11) is -4.03. The fraction of sp³-hybridized carbons (Fsp3) is 0.500. The van der Waals surface area contributed by atoms with E-state index in [4.69, 9.17) is 16.2 Å². The molecule has 0 spiro atoms. The van der Waals surface area contributed by atoms with Crippen molar-refractivity contribution in [1.29, 1.82) is 0 Å². The van der Waals surface area contributed by atoms with Gasteiger partial charge in [0.25, 0.3) is 0 Å². The zero-order valence-electron chi connectivity index (χ0n) is 16.6. The molecule has 1 rings (SSSR count). The standard InChI is InChI=1S/C18H29N5O6S/c19-18(20)21-10-6-1-2-7-11-29-13-16(24)22-12-15(17(25)26)23-30(27,28)14-8-4-3-5-9-14/h3-5,8-9,15,23H,1-2,6-7,10-13H2,(H,22,24)(H,25,26)(H4,19,20,21)/t15-/m1/s1. The van der Waals surface area contributed by atoms with Crippen LogP contribution in [0.4, 0.5) is 0 Å². The van der Waals surface area contributed by atoms with E-state index in [9.17, 15) is 23.1 Å². The third-order valence-electron chi connectivity index (χ3n) is 3.88. The second-order valence-electron chi connectivity index (χ2n) is 6.40. The van der Waals surface area contributed by atoms with Crippen molar-refractivity contribution in [3.05, 3.63) is 30.3 Å². The van der Waals surface area contributed by atoms with E-state index in [0.717, 1.165) is 25.7 Å². The third kappa shape index (κ3) is 10.7. The molecule has 0 bridgehead atoms. The number of hydrogen-bond donors (Lipinski definition) is 5. The van der Waals surface area contributed by atoms with Crippen LogP contribution < -0.4 is 21.5 Å². The first-order valence-corrected chi connectivity index (χ1v) is 10.9. The van der Waals surface area contributed by atoms with E-state index in [1.54, 1.807) is 6.07 Å². The molecule has 168 valence electrons. The topological polar surface area (TPSA) is 186 Å². The summed E-state index contributed by atoms with van der Waals surface area (Å²) in [6.45, 7) is 0.295. The molecule has 0 unspecified atom stereocenters.